The molecule has 3 aromatic rings. The van der Waals surface area contributed by atoms with E-state index in [1.165, 1.54) is 0 Å². The van der Waals surface area contributed by atoms with E-state index < -0.39 is 0 Å². The van der Waals surface area contributed by atoms with Gasteiger partial charge in [-0.25, -0.2) is 0 Å². The first kappa shape index (κ1) is 15.5. The maximum Gasteiger partial charge on any atom is 0.253 e. The molecule has 6 heteroatoms. The van der Waals surface area contributed by atoms with Crippen LogP contribution in [0.2, 0.25) is 5.02 Å². The zero-order valence-corrected chi connectivity index (χ0v) is 13.7. The first-order valence-corrected chi connectivity index (χ1v) is 7.81. The molecule has 0 saturated heterocycles. The van der Waals surface area contributed by atoms with Gasteiger partial charge in [0.05, 0.1) is 16.6 Å². The summed E-state index contributed by atoms with van der Waals surface area (Å²) >= 11 is 6.11. The molecular weight excluding hydrogens is 312 g/mol. The Hall–Kier alpha value is -2.40. The standard InChI is InChI=1S/C17H17ClN4O/c1-11(2)15(16-21-20-14-9-5-6-10-22(14)16)19-17(23)12-7-3-4-8-13(12)18/h3-11,15H,1-2H3,(H,19,23)/t15-/m0/s1. The average Bonchev–Trinajstić information content (AvgIpc) is 2.96. The third-order valence-corrected chi connectivity index (χ3v) is 4.02. The van der Waals surface area contributed by atoms with Gasteiger partial charge in [-0.2, -0.15) is 0 Å². The van der Waals surface area contributed by atoms with Crippen molar-refractivity contribution in [2.45, 2.75) is 19.9 Å². The molecular formula is C17H17ClN4O. The number of hydrogen-bond donors (Lipinski definition) is 1. The lowest BCUT2D eigenvalue weighted by Crippen LogP contribution is -2.33. The lowest BCUT2D eigenvalue weighted by atomic mass is 10.0. The number of amides is 1. The summed E-state index contributed by atoms with van der Waals surface area (Å²) in [6.07, 6.45) is 1.89. The van der Waals surface area contributed by atoms with Crippen molar-refractivity contribution in [3.05, 3.63) is 65.1 Å². The number of nitrogens with one attached hydrogen (secondary N) is 1. The number of rotatable bonds is 4. The number of nitrogens with zero attached hydrogens (tertiary/aromatic N) is 3. The summed E-state index contributed by atoms with van der Waals surface area (Å²) in [7, 11) is 0. The Bertz CT molecular complexity index is 843. The lowest BCUT2D eigenvalue weighted by Gasteiger charge is -2.21. The van der Waals surface area contributed by atoms with Gasteiger partial charge >= 0.3 is 0 Å². The van der Waals surface area contributed by atoms with Gasteiger partial charge < -0.3 is 5.32 Å². The molecule has 3 rings (SSSR count). The number of hydrogen-bond acceptors (Lipinski definition) is 3. The fourth-order valence-electron chi connectivity index (χ4n) is 2.47. The normalized spacial score (nSPS) is 12.5. The van der Waals surface area contributed by atoms with Gasteiger partial charge in [0.1, 0.15) is 0 Å². The zero-order valence-electron chi connectivity index (χ0n) is 12.9. The van der Waals surface area contributed by atoms with Crippen molar-refractivity contribution in [1.29, 1.82) is 0 Å². The first-order valence-electron chi connectivity index (χ1n) is 7.43. The molecule has 118 valence electrons. The summed E-state index contributed by atoms with van der Waals surface area (Å²) in [6.45, 7) is 4.06. The van der Waals surface area contributed by atoms with Crippen LogP contribution in [0, 0.1) is 5.92 Å². The van der Waals surface area contributed by atoms with E-state index in [1.54, 1.807) is 24.3 Å². The van der Waals surface area contributed by atoms with E-state index in [2.05, 4.69) is 15.5 Å². The summed E-state index contributed by atoms with van der Waals surface area (Å²) in [5, 5.41) is 11.9. The largest absolute Gasteiger partial charge is 0.342 e. The van der Waals surface area contributed by atoms with E-state index in [-0.39, 0.29) is 17.9 Å². The monoisotopic (exact) mass is 328 g/mol. The van der Waals surface area contributed by atoms with Crippen LogP contribution in [0.25, 0.3) is 5.65 Å². The smallest absolute Gasteiger partial charge is 0.253 e. The fourth-order valence-corrected chi connectivity index (χ4v) is 2.69. The van der Waals surface area contributed by atoms with Crippen LogP contribution in [-0.2, 0) is 0 Å². The van der Waals surface area contributed by atoms with Gasteiger partial charge in [0, 0.05) is 6.20 Å². The van der Waals surface area contributed by atoms with Crippen LogP contribution in [0.3, 0.4) is 0 Å². The second kappa shape index (κ2) is 6.38. The van der Waals surface area contributed by atoms with Gasteiger partial charge in [-0.3, -0.25) is 9.20 Å². The second-order valence-corrected chi connectivity index (χ2v) is 6.07. The minimum Gasteiger partial charge on any atom is -0.342 e. The SMILES string of the molecule is CC(C)[C@H](NC(=O)c1ccccc1Cl)c1nnc2ccccn12. The van der Waals surface area contributed by atoms with Crippen molar-refractivity contribution in [2.75, 3.05) is 0 Å². The van der Waals surface area contributed by atoms with Crippen molar-refractivity contribution < 1.29 is 4.79 Å². The van der Waals surface area contributed by atoms with Crippen molar-refractivity contribution in [3.63, 3.8) is 0 Å². The van der Waals surface area contributed by atoms with Crippen LogP contribution in [-0.4, -0.2) is 20.5 Å². The van der Waals surface area contributed by atoms with Gasteiger partial charge in [0.15, 0.2) is 11.5 Å². The lowest BCUT2D eigenvalue weighted by molar-refractivity contribution is 0.0923. The number of halogens is 1. The summed E-state index contributed by atoms with van der Waals surface area (Å²) in [6, 6.07) is 12.4. The van der Waals surface area contributed by atoms with Crippen LogP contribution in [0.15, 0.2) is 48.7 Å². The highest BCUT2D eigenvalue weighted by molar-refractivity contribution is 6.33. The number of fused-ring (bicyclic) bond motifs is 1. The number of carbonyl (C=O) groups is 1. The maximum atomic E-state index is 12.6. The number of carbonyl (C=O) groups excluding carboxylic acids is 1. The van der Waals surface area contributed by atoms with Gasteiger partial charge in [-0.15, -0.1) is 10.2 Å². The Balaban J connectivity index is 1.94. The molecule has 1 aromatic carbocycles. The second-order valence-electron chi connectivity index (χ2n) is 5.66. The van der Waals surface area contributed by atoms with E-state index in [0.29, 0.717) is 16.4 Å². The molecule has 0 radical (unpaired) electrons. The highest BCUT2D eigenvalue weighted by Crippen LogP contribution is 2.23. The minimum absolute atomic E-state index is 0.147. The highest BCUT2D eigenvalue weighted by Gasteiger charge is 2.24. The Morgan fingerprint density at radius 1 is 1.13 bits per heavy atom. The molecule has 2 heterocycles. The van der Waals surface area contributed by atoms with Crippen molar-refractivity contribution in [3.8, 4) is 0 Å². The fraction of sp³-hybridized carbons (Fsp3) is 0.235. The van der Waals surface area contributed by atoms with Crippen LogP contribution in [0.4, 0.5) is 0 Å². The number of benzene rings is 1. The quantitative estimate of drug-likeness (QED) is 0.797. The highest BCUT2D eigenvalue weighted by atomic mass is 35.5. The van der Waals surface area contributed by atoms with Crippen molar-refractivity contribution >= 4 is 23.2 Å². The van der Waals surface area contributed by atoms with Crippen molar-refractivity contribution in [1.82, 2.24) is 19.9 Å². The van der Waals surface area contributed by atoms with Gasteiger partial charge in [-0.05, 0) is 30.2 Å². The molecule has 5 nitrogen and oxygen atoms in total. The van der Waals surface area contributed by atoms with E-state index in [0.717, 1.165) is 5.65 Å². The molecule has 0 fully saturated rings. The molecule has 0 spiro atoms. The molecule has 2 aromatic heterocycles. The molecule has 0 bridgehead atoms. The molecule has 0 unspecified atom stereocenters. The Morgan fingerprint density at radius 2 is 1.87 bits per heavy atom. The molecule has 0 aliphatic heterocycles. The van der Waals surface area contributed by atoms with Crippen LogP contribution >= 0.6 is 11.6 Å². The zero-order chi connectivity index (χ0) is 16.4. The minimum atomic E-state index is -0.267. The summed E-state index contributed by atoms with van der Waals surface area (Å²) in [4.78, 5) is 12.6. The molecule has 23 heavy (non-hydrogen) atoms. The van der Waals surface area contributed by atoms with Gasteiger partial charge in [-0.1, -0.05) is 43.6 Å². The summed E-state index contributed by atoms with van der Waals surface area (Å²) in [5.74, 6) is 0.632. The average molecular weight is 329 g/mol. The van der Waals surface area contributed by atoms with Gasteiger partial charge in [0.2, 0.25) is 0 Å². The molecule has 1 N–H and O–H groups in total. The Labute approximate surface area is 139 Å². The van der Waals surface area contributed by atoms with E-state index in [4.69, 9.17) is 11.6 Å². The van der Waals surface area contributed by atoms with Gasteiger partial charge in [0.25, 0.3) is 5.91 Å². The van der Waals surface area contributed by atoms with E-state index in [9.17, 15) is 4.79 Å². The summed E-state index contributed by atoms with van der Waals surface area (Å²) < 4.78 is 1.89. The number of pyridine rings is 1. The maximum absolute atomic E-state index is 12.6. The first-order chi connectivity index (χ1) is 11.1. The van der Waals surface area contributed by atoms with E-state index in [1.807, 2.05) is 42.6 Å². The Kier molecular flexibility index (Phi) is 4.30. The molecule has 1 atom stereocenters. The predicted molar refractivity (Wildman–Crippen MR) is 89.5 cm³/mol. The molecule has 1 amide bonds. The van der Waals surface area contributed by atoms with E-state index >= 15 is 0 Å². The molecule has 0 saturated carbocycles. The summed E-state index contributed by atoms with van der Waals surface area (Å²) in [5.41, 5.74) is 1.20. The molecule has 0 aliphatic carbocycles. The number of aromatic nitrogens is 3. The predicted octanol–water partition coefficient (Wildman–Crippen LogP) is 3.51. The topological polar surface area (TPSA) is 59.3 Å². The third kappa shape index (κ3) is 3.05. The Morgan fingerprint density at radius 3 is 2.61 bits per heavy atom. The van der Waals surface area contributed by atoms with Crippen LogP contribution < -0.4 is 5.32 Å². The van der Waals surface area contributed by atoms with Crippen LogP contribution in [0.5, 0.6) is 0 Å². The third-order valence-electron chi connectivity index (χ3n) is 3.69. The molecule has 0 aliphatic rings. The van der Waals surface area contributed by atoms with Crippen LogP contribution in [0.1, 0.15) is 36.1 Å². The van der Waals surface area contributed by atoms with Crippen molar-refractivity contribution in [2.24, 2.45) is 5.92 Å².